The molecule has 2 heterocycles. The van der Waals surface area contributed by atoms with Crippen LogP contribution >= 0.6 is 12.4 Å². The lowest BCUT2D eigenvalue weighted by Gasteiger charge is -2.30. The van der Waals surface area contributed by atoms with Crippen LogP contribution in [0.5, 0.6) is 0 Å². The highest BCUT2D eigenvalue weighted by molar-refractivity contribution is 5.85. The highest BCUT2D eigenvalue weighted by atomic mass is 35.5. The number of nitrogens with zero attached hydrogens (tertiary/aromatic N) is 4. The van der Waals surface area contributed by atoms with Crippen molar-refractivity contribution in [3.8, 4) is 0 Å². The first-order chi connectivity index (χ1) is 10.9. The Morgan fingerprint density at radius 1 is 1.17 bits per heavy atom. The van der Waals surface area contributed by atoms with Gasteiger partial charge in [-0.1, -0.05) is 30.3 Å². The van der Waals surface area contributed by atoms with Crippen molar-refractivity contribution in [1.82, 2.24) is 19.7 Å². The van der Waals surface area contributed by atoms with Gasteiger partial charge in [-0.25, -0.2) is 0 Å². The second kappa shape index (κ2) is 6.78. The van der Waals surface area contributed by atoms with Crippen LogP contribution in [0.1, 0.15) is 23.3 Å². The summed E-state index contributed by atoms with van der Waals surface area (Å²) in [6, 6.07) is 7.96. The van der Waals surface area contributed by atoms with E-state index in [1.807, 2.05) is 6.07 Å². The summed E-state index contributed by atoms with van der Waals surface area (Å²) in [5, 5.41) is 6.73. The molecule has 1 aliphatic heterocycles. The average Bonchev–Trinajstić information content (AvgIpc) is 2.97. The number of alkyl halides is 3. The molecule has 2 N–H and O–H groups in total. The van der Waals surface area contributed by atoms with E-state index in [9.17, 15) is 18.0 Å². The molecular formula is C14H15ClF3N5O. The summed E-state index contributed by atoms with van der Waals surface area (Å²) in [7, 11) is 0. The van der Waals surface area contributed by atoms with Crippen LogP contribution in [0.4, 0.5) is 13.2 Å². The molecule has 0 saturated heterocycles. The number of aromatic nitrogens is 3. The van der Waals surface area contributed by atoms with Gasteiger partial charge in [0.1, 0.15) is 6.04 Å². The van der Waals surface area contributed by atoms with Crippen LogP contribution in [0.25, 0.3) is 0 Å². The number of hydrogen-bond acceptors (Lipinski definition) is 4. The van der Waals surface area contributed by atoms with Gasteiger partial charge in [-0.15, -0.1) is 22.6 Å². The Morgan fingerprint density at radius 3 is 2.46 bits per heavy atom. The van der Waals surface area contributed by atoms with Crippen molar-refractivity contribution in [2.45, 2.75) is 25.3 Å². The van der Waals surface area contributed by atoms with Crippen molar-refractivity contribution in [3.05, 3.63) is 47.5 Å². The van der Waals surface area contributed by atoms with E-state index in [0.29, 0.717) is 5.56 Å². The Labute approximate surface area is 141 Å². The van der Waals surface area contributed by atoms with Crippen LogP contribution in [0.15, 0.2) is 30.3 Å². The molecular weight excluding hydrogens is 347 g/mol. The number of carbonyl (C=O) groups is 1. The Morgan fingerprint density at radius 2 is 1.83 bits per heavy atom. The maximum Gasteiger partial charge on any atom is 0.451 e. The number of carbonyl (C=O) groups excluding carboxylic acids is 1. The number of rotatable bonds is 2. The quantitative estimate of drug-likeness (QED) is 0.884. The summed E-state index contributed by atoms with van der Waals surface area (Å²) >= 11 is 0. The van der Waals surface area contributed by atoms with Crippen molar-refractivity contribution in [1.29, 1.82) is 0 Å². The second-order valence-corrected chi connectivity index (χ2v) is 5.24. The smallest absolute Gasteiger partial charge is 0.332 e. The van der Waals surface area contributed by atoms with E-state index in [0.717, 1.165) is 4.57 Å². The highest BCUT2D eigenvalue weighted by Crippen LogP contribution is 2.29. The zero-order chi connectivity index (χ0) is 16.6. The van der Waals surface area contributed by atoms with Crippen LogP contribution in [-0.2, 0) is 24.1 Å². The van der Waals surface area contributed by atoms with Gasteiger partial charge in [-0.2, -0.15) is 13.2 Å². The lowest BCUT2D eigenvalue weighted by molar-refractivity contribution is -0.148. The maximum absolute atomic E-state index is 12.8. The summed E-state index contributed by atoms with van der Waals surface area (Å²) < 4.78 is 39.4. The summed E-state index contributed by atoms with van der Waals surface area (Å²) in [6.07, 6.45) is -4.56. The van der Waals surface area contributed by atoms with Crippen LogP contribution in [0.2, 0.25) is 0 Å². The fraction of sp³-hybridized carbons (Fsp3) is 0.357. The first-order valence-corrected chi connectivity index (χ1v) is 6.96. The molecule has 1 amide bonds. The zero-order valence-electron chi connectivity index (χ0n) is 12.4. The van der Waals surface area contributed by atoms with Gasteiger partial charge < -0.3 is 15.2 Å². The van der Waals surface area contributed by atoms with E-state index >= 15 is 0 Å². The minimum absolute atomic E-state index is 0. The summed E-state index contributed by atoms with van der Waals surface area (Å²) in [5.74, 6) is -1.27. The van der Waals surface area contributed by atoms with E-state index in [4.69, 9.17) is 5.73 Å². The number of halogens is 4. The lowest BCUT2D eigenvalue weighted by Crippen LogP contribution is -2.43. The molecule has 1 atom stereocenters. The van der Waals surface area contributed by atoms with Gasteiger partial charge in [-0.05, 0) is 5.56 Å². The Balaban J connectivity index is 0.00000208. The molecule has 0 spiro atoms. The average molecular weight is 362 g/mol. The van der Waals surface area contributed by atoms with Gasteiger partial charge in [0.25, 0.3) is 0 Å². The van der Waals surface area contributed by atoms with Crippen molar-refractivity contribution >= 4 is 18.3 Å². The largest absolute Gasteiger partial charge is 0.451 e. The van der Waals surface area contributed by atoms with Crippen molar-refractivity contribution in [2.75, 3.05) is 6.54 Å². The molecule has 0 saturated carbocycles. The second-order valence-electron chi connectivity index (χ2n) is 5.24. The third-order valence-corrected chi connectivity index (χ3v) is 3.74. The molecule has 24 heavy (non-hydrogen) atoms. The zero-order valence-corrected chi connectivity index (χ0v) is 13.2. The first-order valence-electron chi connectivity index (χ1n) is 6.96. The van der Waals surface area contributed by atoms with E-state index < -0.39 is 18.0 Å². The maximum atomic E-state index is 12.8. The number of fused-ring (bicyclic) bond motifs is 1. The van der Waals surface area contributed by atoms with Crippen LogP contribution in [0.3, 0.4) is 0 Å². The number of amides is 1. The topological polar surface area (TPSA) is 77.0 Å². The van der Waals surface area contributed by atoms with Gasteiger partial charge in [0.05, 0.1) is 6.54 Å². The predicted octanol–water partition coefficient (Wildman–Crippen LogP) is 1.76. The molecule has 0 fully saturated rings. The van der Waals surface area contributed by atoms with Crippen LogP contribution < -0.4 is 5.73 Å². The molecule has 1 aliphatic rings. The normalized spacial score (nSPS) is 15.4. The van der Waals surface area contributed by atoms with E-state index in [2.05, 4.69) is 10.2 Å². The highest BCUT2D eigenvalue weighted by Gasteiger charge is 2.40. The minimum Gasteiger partial charge on any atom is -0.332 e. The SMILES string of the molecule is Cl.NC(C(=O)N1CCn2c(nnc2C(F)(F)F)C1)c1ccccc1. The van der Waals surface area contributed by atoms with Gasteiger partial charge in [0.15, 0.2) is 5.82 Å². The Hall–Kier alpha value is -2.13. The van der Waals surface area contributed by atoms with Gasteiger partial charge in [0.2, 0.25) is 11.7 Å². The first kappa shape index (κ1) is 18.2. The number of hydrogen-bond donors (Lipinski definition) is 1. The molecule has 6 nitrogen and oxygen atoms in total. The van der Waals surface area contributed by atoms with E-state index in [1.165, 1.54) is 4.90 Å². The van der Waals surface area contributed by atoms with Crippen molar-refractivity contribution in [2.24, 2.45) is 5.73 Å². The van der Waals surface area contributed by atoms with E-state index in [-0.39, 0.29) is 43.8 Å². The fourth-order valence-corrected chi connectivity index (χ4v) is 2.56. The van der Waals surface area contributed by atoms with Crippen molar-refractivity contribution in [3.63, 3.8) is 0 Å². The molecule has 10 heteroatoms. The minimum atomic E-state index is -4.56. The summed E-state index contributed by atoms with van der Waals surface area (Å²) in [6.45, 7) is 0.0837. The van der Waals surface area contributed by atoms with Gasteiger partial charge in [0, 0.05) is 13.1 Å². The molecule has 1 aromatic carbocycles. The Kier molecular flexibility index (Phi) is 5.14. The summed E-state index contributed by atoms with van der Waals surface area (Å²) in [4.78, 5) is 13.8. The van der Waals surface area contributed by atoms with E-state index in [1.54, 1.807) is 24.3 Å². The standard InChI is InChI=1S/C14H14F3N5O.ClH/c15-14(16,17)13-20-19-10-8-21(6-7-22(10)13)12(23)11(18)9-4-2-1-3-5-9;/h1-5,11H,6-8,18H2;1H. The molecule has 3 rings (SSSR count). The molecule has 130 valence electrons. The van der Waals surface area contributed by atoms with Crippen LogP contribution in [-0.4, -0.2) is 32.1 Å². The lowest BCUT2D eigenvalue weighted by atomic mass is 10.1. The molecule has 2 aromatic rings. The van der Waals surface area contributed by atoms with Crippen molar-refractivity contribution < 1.29 is 18.0 Å². The van der Waals surface area contributed by atoms with Gasteiger partial charge in [-0.3, -0.25) is 4.79 Å². The van der Waals surface area contributed by atoms with Gasteiger partial charge >= 0.3 is 6.18 Å². The molecule has 0 bridgehead atoms. The molecule has 0 radical (unpaired) electrons. The predicted molar refractivity (Wildman–Crippen MR) is 81.1 cm³/mol. The Bertz CT molecular complexity index is 719. The molecule has 0 aliphatic carbocycles. The third-order valence-electron chi connectivity index (χ3n) is 3.74. The fourth-order valence-electron chi connectivity index (χ4n) is 2.56. The molecule has 1 unspecified atom stereocenters. The third kappa shape index (κ3) is 3.36. The monoisotopic (exact) mass is 361 g/mol. The molecule has 1 aromatic heterocycles. The van der Waals surface area contributed by atoms with Crippen LogP contribution in [0, 0.1) is 0 Å². The summed E-state index contributed by atoms with van der Waals surface area (Å²) in [5.41, 5.74) is 6.60. The number of benzene rings is 1. The number of nitrogens with two attached hydrogens (primary N) is 1.